The lowest BCUT2D eigenvalue weighted by molar-refractivity contribution is -0.143. The molecule has 3 fully saturated rings. The molecule has 0 N–H and O–H groups in total. The first-order chi connectivity index (χ1) is 10.0. The van der Waals surface area contributed by atoms with Gasteiger partial charge in [-0.15, -0.1) is 0 Å². The normalized spacial score (nSPS) is 43.1. The molecule has 0 bridgehead atoms. The molecule has 0 radical (unpaired) electrons. The first-order valence-corrected chi connectivity index (χ1v) is 9.59. The molecule has 3 nitrogen and oxygen atoms in total. The zero-order chi connectivity index (χ0) is 15.0. The molecule has 0 aliphatic carbocycles. The van der Waals surface area contributed by atoms with Gasteiger partial charge in [-0.2, -0.15) is 11.8 Å². The van der Waals surface area contributed by atoms with Crippen molar-refractivity contribution in [1.29, 1.82) is 0 Å². The lowest BCUT2D eigenvalue weighted by Gasteiger charge is -2.43. The molecule has 3 aliphatic heterocycles. The number of hydrogen-bond acceptors (Lipinski definition) is 4. The number of ketones is 1. The van der Waals surface area contributed by atoms with Crippen molar-refractivity contribution in [3.05, 3.63) is 0 Å². The molecule has 0 aromatic carbocycles. The third kappa shape index (κ3) is 3.04. The standard InChI is InChI=1S/C17H28O3S/c1-11-12(2)20-13(3)15(11)16(18)14-4-7-19-17(10-14)5-8-21-9-6-17/h11-15H,4-10H2,1-3H3. The Labute approximate surface area is 132 Å². The third-order valence-electron chi connectivity index (χ3n) is 5.87. The summed E-state index contributed by atoms with van der Waals surface area (Å²) in [5, 5.41) is 0. The Morgan fingerprint density at radius 2 is 1.86 bits per heavy atom. The van der Waals surface area contributed by atoms with Crippen LogP contribution in [0.5, 0.6) is 0 Å². The molecule has 0 saturated carbocycles. The topological polar surface area (TPSA) is 35.5 Å². The molecular weight excluding hydrogens is 284 g/mol. The van der Waals surface area contributed by atoms with Crippen molar-refractivity contribution in [3.8, 4) is 0 Å². The Hall–Kier alpha value is -0.0600. The summed E-state index contributed by atoms with van der Waals surface area (Å²) in [6.45, 7) is 7.09. The molecule has 0 aromatic rings. The van der Waals surface area contributed by atoms with E-state index >= 15 is 0 Å². The zero-order valence-corrected chi connectivity index (χ0v) is 14.3. The van der Waals surface area contributed by atoms with Gasteiger partial charge in [0.2, 0.25) is 0 Å². The smallest absolute Gasteiger partial charge is 0.142 e. The van der Waals surface area contributed by atoms with Gasteiger partial charge in [-0.05, 0) is 57.0 Å². The molecule has 0 aromatic heterocycles. The second-order valence-electron chi connectivity index (χ2n) is 7.17. The van der Waals surface area contributed by atoms with Gasteiger partial charge in [0.15, 0.2) is 0 Å². The molecule has 1 spiro atoms. The van der Waals surface area contributed by atoms with E-state index in [4.69, 9.17) is 9.47 Å². The summed E-state index contributed by atoms with van der Waals surface area (Å²) >= 11 is 2.01. The Balaban J connectivity index is 1.69. The van der Waals surface area contributed by atoms with Crippen molar-refractivity contribution < 1.29 is 14.3 Å². The van der Waals surface area contributed by atoms with Crippen LogP contribution in [0.15, 0.2) is 0 Å². The Morgan fingerprint density at radius 1 is 1.14 bits per heavy atom. The fourth-order valence-corrected chi connectivity index (χ4v) is 5.63. The molecule has 3 rings (SSSR count). The molecule has 3 saturated heterocycles. The zero-order valence-electron chi connectivity index (χ0n) is 13.5. The number of carbonyl (C=O) groups excluding carboxylic acids is 1. The fourth-order valence-electron chi connectivity index (χ4n) is 4.39. The summed E-state index contributed by atoms with van der Waals surface area (Å²) in [5.41, 5.74) is 0.00137. The van der Waals surface area contributed by atoms with Crippen molar-refractivity contribution in [1.82, 2.24) is 0 Å². The van der Waals surface area contributed by atoms with Gasteiger partial charge in [0, 0.05) is 18.4 Å². The first-order valence-electron chi connectivity index (χ1n) is 8.43. The van der Waals surface area contributed by atoms with Crippen LogP contribution in [0.2, 0.25) is 0 Å². The van der Waals surface area contributed by atoms with Gasteiger partial charge in [-0.3, -0.25) is 4.79 Å². The van der Waals surface area contributed by atoms with Crippen molar-refractivity contribution in [2.24, 2.45) is 17.8 Å². The predicted octanol–water partition coefficient (Wildman–Crippen LogP) is 3.31. The van der Waals surface area contributed by atoms with E-state index in [-0.39, 0.29) is 29.6 Å². The van der Waals surface area contributed by atoms with E-state index in [1.54, 1.807) is 0 Å². The molecule has 4 heteroatoms. The molecule has 0 amide bonds. The van der Waals surface area contributed by atoms with Crippen LogP contribution in [0.25, 0.3) is 0 Å². The van der Waals surface area contributed by atoms with Crippen LogP contribution < -0.4 is 0 Å². The van der Waals surface area contributed by atoms with Gasteiger partial charge in [-0.1, -0.05) is 6.92 Å². The van der Waals surface area contributed by atoms with Crippen LogP contribution in [0.4, 0.5) is 0 Å². The van der Waals surface area contributed by atoms with E-state index in [0.29, 0.717) is 11.7 Å². The molecule has 5 atom stereocenters. The van der Waals surface area contributed by atoms with Crippen LogP contribution in [0.1, 0.15) is 46.5 Å². The van der Waals surface area contributed by atoms with Crippen molar-refractivity contribution >= 4 is 17.5 Å². The number of thioether (sulfide) groups is 1. The predicted molar refractivity (Wildman–Crippen MR) is 85.6 cm³/mol. The fraction of sp³-hybridized carbons (Fsp3) is 0.941. The monoisotopic (exact) mass is 312 g/mol. The summed E-state index contributed by atoms with van der Waals surface area (Å²) in [4.78, 5) is 13.1. The molecule has 3 aliphatic rings. The van der Waals surface area contributed by atoms with E-state index < -0.39 is 0 Å². The Kier molecular flexibility index (Phi) is 4.68. The third-order valence-corrected chi connectivity index (χ3v) is 6.86. The van der Waals surface area contributed by atoms with Gasteiger partial charge in [0.05, 0.1) is 17.8 Å². The van der Waals surface area contributed by atoms with E-state index in [0.717, 1.165) is 32.3 Å². The minimum Gasteiger partial charge on any atom is -0.375 e. The summed E-state index contributed by atoms with van der Waals surface area (Å²) in [5.74, 6) is 3.41. The van der Waals surface area contributed by atoms with Gasteiger partial charge in [-0.25, -0.2) is 0 Å². The van der Waals surface area contributed by atoms with Crippen LogP contribution in [0.3, 0.4) is 0 Å². The lowest BCUT2D eigenvalue weighted by Crippen LogP contribution is -2.46. The molecule has 21 heavy (non-hydrogen) atoms. The van der Waals surface area contributed by atoms with Gasteiger partial charge < -0.3 is 9.47 Å². The second-order valence-corrected chi connectivity index (χ2v) is 8.39. The highest BCUT2D eigenvalue weighted by atomic mass is 32.2. The molecule has 3 heterocycles. The minimum absolute atomic E-state index is 0.00137. The summed E-state index contributed by atoms with van der Waals surface area (Å²) < 4.78 is 12.0. The highest BCUT2D eigenvalue weighted by Gasteiger charge is 2.47. The Bertz CT molecular complexity index is 386. The lowest BCUT2D eigenvalue weighted by atomic mass is 9.74. The SMILES string of the molecule is CC1OC(C)C(C(=O)C2CCOC3(CCSCC3)C2)C1C. The minimum atomic E-state index is 0.00137. The van der Waals surface area contributed by atoms with Gasteiger partial charge in [0.1, 0.15) is 5.78 Å². The van der Waals surface area contributed by atoms with E-state index in [1.165, 1.54) is 11.5 Å². The molecule has 120 valence electrons. The highest BCUT2D eigenvalue weighted by Crippen LogP contribution is 2.43. The second kappa shape index (κ2) is 6.21. The van der Waals surface area contributed by atoms with Crippen LogP contribution >= 0.6 is 11.8 Å². The van der Waals surface area contributed by atoms with E-state index in [9.17, 15) is 4.79 Å². The van der Waals surface area contributed by atoms with Gasteiger partial charge in [0.25, 0.3) is 0 Å². The maximum absolute atomic E-state index is 13.1. The average Bonchev–Trinajstić information content (AvgIpc) is 2.72. The van der Waals surface area contributed by atoms with Gasteiger partial charge >= 0.3 is 0 Å². The maximum Gasteiger partial charge on any atom is 0.142 e. The van der Waals surface area contributed by atoms with Crippen LogP contribution in [0, 0.1) is 17.8 Å². The summed E-state index contributed by atoms with van der Waals surface area (Å²) in [6.07, 6.45) is 4.35. The van der Waals surface area contributed by atoms with E-state index in [1.807, 2.05) is 11.8 Å². The van der Waals surface area contributed by atoms with Crippen LogP contribution in [-0.4, -0.2) is 41.7 Å². The average molecular weight is 312 g/mol. The van der Waals surface area contributed by atoms with Crippen molar-refractivity contribution in [2.75, 3.05) is 18.1 Å². The van der Waals surface area contributed by atoms with Crippen molar-refractivity contribution in [2.45, 2.75) is 64.3 Å². The first kappa shape index (κ1) is 15.8. The molecular formula is C17H28O3S. The van der Waals surface area contributed by atoms with Crippen LogP contribution in [-0.2, 0) is 14.3 Å². The number of Topliss-reactive ketones (excluding diaryl/α,β-unsaturated/α-hetero) is 1. The quantitative estimate of drug-likeness (QED) is 0.784. The maximum atomic E-state index is 13.1. The number of hydrogen-bond donors (Lipinski definition) is 0. The van der Waals surface area contributed by atoms with Crippen molar-refractivity contribution in [3.63, 3.8) is 0 Å². The molecule has 5 unspecified atom stereocenters. The summed E-state index contributed by atoms with van der Waals surface area (Å²) in [6, 6.07) is 0. The number of ether oxygens (including phenoxy) is 2. The van der Waals surface area contributed by atoms with E-state index in [2.05, 4.69) is 20.8 Å². The number of rotatable bonds is 2. The highest BCUT2D eigenvalue weighted by molar-refractivity contribution is 7.99. The Morgan fingerprint density at radius 3 is 2.48 bits per heavy atom. The number of carbonyl (C=O) groups is 1. The summed E-state index contributed by atoms with van der Waals surface area (Å²) in [7, 11) is 0. The largest absolute Gasteiger partial charge is 0.375 e.